The lowest BCUT2D eigenvalue weighted by molar-refractivity contribution is -0.0212. The number of guanidine groups is 1. The Balaban J connectivity index is 1.46. The molecule has 1 aliphatic heterocycles. The van der Waals surface area contributed by atoms with Crippen LogP contribution in [-0.4, -0.2) is 63.5 Å². The minimum atomic E-state index is -0.0518. The molecule has 7 heteroatoms. The van der Waals surface area contributed by atoms with Gasteiger partial charge in [0.1, 0.15) is 6.10 Å². The van der Waals surface area contributed by atoms with Gasteiger partial charge < -0.3 is 24.8 Å². The number of hydrogen-bond donors (Lipinski definition) is 2. The Morgan fingerprint density at radius 3 is 2.69 bits per heavy atom. The first-order valence-electron chi connectivity index (χ1n) is 11.2. The van der Waals surface area contributed by atoms with E-state index in [1.165, 1.54) is 11.1 Å². The number of nitrogens with zero attached hydrogens (tertiary/aromatic N) is 2. The van der Waals surface area contributed by atoms with Crippen molar-refractivity contribution in [1.29, 1.82) is 0 Å². The van der Waals surface area contributed by atoms with Crippen LogP contribution in [0.15, 0.2) is 53.5 Å². The van der Waals surface area contributed by atoms with Gasteiger partial charge in [0, 0.05) is 33.2 Å². The standard InChI is InChI=1S/C25H36N4O3/c1-19(32-24-11-6-5-10-23(24)30-4)15-27-25(26-3)28-16-21-8-7-9-22(14-21)18-29-12-13-31-20(2)17-29/h5-11,14,19-20H,12-13,15-18H2,1-4H3,(H2,26,27,28). The minimum Gasteiger partial charge on any atom is -0.493 e. The summed E-state index contributed by atoms with van der Waals surface area (Å²) in [6, 6.07) is 16.4. The van der Waals surface area contributed by atoms with Gasteiger partial charge in [-0.25, -0.2) is 0 Å². The van der Waals surface area contributed by atoms with Crippen LogP contribution in [0.5, 0.6) is 11.5 Å². The Morgan fingerprint density at radius 1 is 1.16 bits per heavy atom. The summed E-state index contributed by atoms with van der Waals surface area (Å²) in [4.78, 5) is 6.78. The van der Waals surface area contributed by atoms with Gasteiger partial charge in [0.15, 0.2) is 17.5 Å². The van der Waals surface area contributed by atoms with Crippen LogP contribution in [0.2, 0.25) is 0 Å². The van der Waals surface area contributed by atoms with Gasteiger partial charge >= 0.3 is 0 Å². The van der Waals surface area contributed by atoms with Crippen molar-refractivity contribution in [2.24, 2.45) is 4.99 Å². The molecule has 1 saturated heterocycles. The molecule has 2 aromatic carbocycles. The van der Waals surface area contributed by atoms with Crippen molar-refractivity contribution in [3.8, 4) is 11.5 Å². The van der Waals surface area contributed by atoms with E-state index in [-0.39, 0.29) is 6.10 Å². The molecule has 2 N–H and O–H groups in total. The van der Waals surface area contributed by atoms with Crippen molar-refractivity contribution in [2.45, 2.75) is 39.1 Å². The summed E-state index contributed by atoms with van der Waals surface area (Å²) in [5, 5.41) is 6.72. The maximum absolute atomic E-state index is 6.01. The first kappa shape index (κ1) is 23.9. The molecule has 0 aliphatic carbocycles. The number of hydrogen-bond acceptors (Lipinski definition) is 5. The normalized spacial score (nSPS) is 18.1. The van der Waals surface area contributed by atoms with Crippen molar-refractivity contribution in [1.82, 2.24) is 15.5 Å². The Kier molecular flexibility index (Phi) is 9.19. The van der Waals surface area contributed by atoms with Crippen molar-refractivity contribution in [3.05, 3.63) is 59.7 Å². The zero-order valence-corrected chi connectivity index (χ0v) is 19.6. The van der Waals surface area contributed by atoms with Gasteiger partial charge in [-0.15, -0.1) is 0 Å². The lowest BCUT2D eigenvalue weighted by atomic mass is 10.1. The number of para-hydroxylation sites is 2. The largest absolute Gasteiger partial charge is 0.493 e. The van der Waals surface area contributed by atoms with Gasteiger partial charge in [0.05, 0.1) is 26.4 Å². The third-order valence-corrected chi connectivity index (χ3v) is 5.36. The van der Waals surface area contributed by atoms with E-state index in [1.807, 2.05) is 31.2 Å². The quantitative estimate of drug-likeness (QED) is 0.462. The smallest absolute Gasteiger partial charge is 0.191 e. The number of methoxy groups -OCH3 is 1. The lowest BCUT2D eigenvalue weighted by Crippen LogP contribution is -2.41. The number of morpholine rings is 1. The highest BCUT2D eigenvalue weighted by molar-refractivity contribution is 5.79. The second-order valence-electron chi connectivity index (χ2n) is 8.12. The lowest BCUT2D eigenvalue weighted by Gasteiger charge is -2.31. The predicted molar refractivity (Wildman–Crippen MR) is 128 cm³/mol. The summed E-state index contributed by atoms with van der Waals surface area (Å²) in [7, 11) is 3.42. The third-order valence-electron chi connectivity index (χ3n) is 5.36. The van der Waals surface area contributed by atoms with E-state index in [9.17, 15) is 0 Å². The highest BCUT2D eigenvalue weighted by Crippen LogP contribution is 2.26. The van der Waals surface area contributed by atoms with Crippen LogP contribution in [0, 0.1) is 0 Å². The molecule has 0 saturated carbocycles. The molecular formula is C25H36N4O3. The maximum Gasteiger partial charge on any atom is 0.191 e. The molecule has 1 aliphatic rings. The van der Waals surface area contributed by atoms with Gasteiger partial charge in [-0.3, -0.25) is 9.89 Å². The highest BCUT2D eigenvalue weighted by Gasteiger charge is 2.16. The number of rotatable bonds is 9. The van der Waals surface area contributed by atoms with E-state index in [4.69, 9.17) is 14.2 Å². The van der Waals surface area contributed by atoms with Crippen LogP contribution in [0.4, 0.5) is 0 Å². The highest BCUT2D eigenvalue weighted by atomic mass is 16.5. The third kappa shape index (κ3) is 7.43. The molecule has 32 heavy (non-hydrogen) atoms. The van der Waals surface area contributed by atoms with Crippen molar-refractivity contribution in [3.63, 3.8) is 0 Å². The van der Waals surface area contributed by atoms with E-state index in [0.717, 1.165) is 43.7 Å². The van der Waals surface area contributed by atoms with Gasteiger partial charge in [0.2, 0.25) is 0 Å². The Bertz CT molecular complexity index is 874. The van der Waals surface area contributed by atoms with Gasteiger partial charge in [-0.1, -0.05) is 36.4 Å². The fourth-order valence-electron chi connectivity index (χ4n) is 3.75. The zero-order valence-electron chi connectivity index (χ0n) is 19.6. The van der Waals surface area contributed by atoms with Crippen LogP contribution in [0.3, 0.4) is 0 Å². The van der Waals surface area contributed by atoms with E-state index in [2.05, 4.69) is 51.7 Å². The Hall–Kier alpha value is -2.77. The van der Waals surface area contributed by atoms with Gasteiger partial charge in [-0.2, -0.15) is 0 Å². The van der Waals surface area contributed by atoms with Gasteiger partial charge in [0.25, 0.3) is 0 Å². The van der Waals surface area contributed by atoms with Crippen LogP contribution in [0.25, 0.3) is 0 Å². The molecule has 2 atom stereocenters. The molecule has 0 bridgehead atoms. The van der Waals surface area contributed by atoms with Crippen LogP contribution in [-0.2, 0) is 17.8 Å². The number of aliphatic imine (C=N–C) groups is 1. The van der Waals surface area contributed by atoms with E-state index in [1.54, 1.807) is 14.2 Å². The average molecular weight is 441 g/mol. The van der Waals surface area contributed by atoms with Crippen molar-refractivity contribution in [2.75, 3.05) is 40.4 Å². The molecule has 7 nitrogen and oxygen atoms in total. The topological polar surface area (TPSA) is 67.4 Å². The fourth-order valence-corrected chi connectivity index (χ4v) is 3.75. The van der Waals surface area contributed by atoms with E-state index >= 15 is 0 Å². The summed E-state index contributed by atoms with van der Waals surface area (Å²) < 4.78 is 17.0. The van der Waals surface area contributed by atoms with Gasteiger partial charge in [-0.05, 0) is 37.1 Å². The van der Waals surface area contributed by atoms with Crippen LogP contribution >= 0.6 is 0 Å². The molecule has 3 rings (SSSR count). The van der Waals surface area contributed by atoms with Crippen LogP contribution < -0.4 is 20.1 Å². The van der Waals surface area contributed by atoms with E-state index < -0.39 is 0 Å². The predicted octanol–water partition coefficient (Wildman–Crippen LogP) is 3.05. The molecule has 1 fully saturated rings. The molecule has 0 radical (unpaired) electrons. The fraction of sp³-hybridized carbons (Fsp3) is 0.480. The van der Waals surface area contributed by atoms with Crippen LogP contribution in [0.1, 0.15) is 25.0 Å². The number of ether oxygens (including phenoxy) is 3. The maximum atomic E-state index is 6.01. The summed E-state index contributed by atoms with van der Waals surface area (Å²) in [6.45, 7) is 9.19. The SMILES string of the molecule is CN=C(NCc1cccc(CN2CCOC(C)C2)c1)NCC(C)Oc1ccccc1OC. The Labute approximate surface area is 191 Å². The molecule has 2 aromatic rings. The second kappa shape index (κ2) is 12.3. The van der Waals surface area contributed by atoms with E-state index in [0.29, 0.717) is 19.2 Å². The van der Waals surface area contributed by atoms with Crippen molar-refractivity contribution < 1.29 is 14.2 Å². The summed E-state index contributed by atoms with van der Waals surface area (Å²) in [6.07, 6.45) is 0.251. The number of nitrogens with one attached hydrogen (secondary N) is 2. The average Bonchev–Trinajstić information content (AvgIpc) is 2.80. The number of benzene rings is 2. The summed E-state index contributed by atoms with van der Waals surface area (Å²) in [5.41, 5.74) is 2.55. The first-order valence-corrected chi connectivity index (χ1v) is 11.2. The monoisotopic (exact) mass is 440 g/mol. The molecule has 2 unspecified atom stereocenters. The molecule has 0 spiro atoms. The summed E-state index contributed by atoms with van der Waals surface area (Å²) >= 11 is 0. The Morgan fingerprint density at radius 2 is 1.94 bits per heavy atom. The molecule has 1 heterocycles. The summed E-state index contributed by atoms with van der Waals surface area (Å²) in [5.74, 6) is 2.21. The molecule has 174 valence electrons. The molecule has 0 amide bonds. The molecule has 0 aromatic heterocycles. The zero-order chi connectivity index (χ0) is 22.8. The second-order valence-corrected chi connectivity index (χ2v) is 8.12. The minimum absolute atomic E-state index is 0.0518. The first-order chi connectivity index (χ1) is 15.6. The molecular weight excluding hydrogens is 404 g/mol. The van der Waals surface area contributed by atoms with Crippen molar-refractivity contribution >= 4 is 5.96 Å².